The topological polar surface area (TPSA) is 60.4 Å². The monoisotopic (exact) mass is 295 g/mol. The second-order valence-corrected chi connectivity index (χ2v) is 7.71. The number of rotatable bonds is 2. The van der Waals surface area contributed by atoms with Crippen LogP contribution in [0.5, 0.6) is 0 Å². The van der Waals surface area contributed by atoms with Crippen molar-refractivity contribution in [3.63, 3.8) is 0 Å². The van der Waals surface area contributed by atoms with Crippen molar-refractivity contribution in [2.75, 3.05) is 6.54 Å². The number of nitrogens with zero attached hydrogens (tertiary/aromatic N) is 1. The van der Waals surface area contributed by atoms with Gasteiger partial charge >= 0.3 is 29.6 Å². The van der Waals surface area contributed by atoms with Crippen molar-refractivity contribution in [2.24, 2.45) is 11.3 Å². The summed E-state index contributed by atoms with van der Waals surface area (Å²) in [5, 5.41) is -0.706. The van der Waals surface area contributed by atoms with Gasteiger partial charge in [-0.1, -0.05) is 20.4 Å². The van der Waals surface area contributed by atoms with E-state index in [1.54, 1.807) is 0 Å². The van der Waals surface area contributed by atoms with Crippen molar-refractivity contribution in [1.82, 2.24) is 4.90 Å². The van der Waals surface area contributed by atoms with E-state index in [0.717, 1.165) is 18.7 Å². The molecular formula is C13H22NNaO3S. The first kappa shape index (κ1) is 17.5. The number of fused-ring (bicyclic) bond motifs is 1. The van der Waals surface area contributed by atoms with Crippen molar-refractivity contribution >= 4 is 10.1 Å². The molecule has 2 rings (SSSR count). The fourth-order valence-corrected chi connectivity index (χ4v) is 4.60. The quantitative estimate of drug-likeness (QED) is 0.482. The molecule has 2 aliphatic rings. The van der Waals surface area contributed by atoms with E-state index in [9.17, 15) is 13.0 Å². The van der Waals surface area contributed by atoms with Gasteiger partial charge in [-0.15, -0.1) is 0 Å². The molecule has 1 aliphatic heterocycles. The molecule has 0 aromatic rings. The van der Waals surface area contributed by atoms with Crippen molar-refractivity contribution in [3.05, 3.63) is 12.3 Å². The normalized spacial score (nSPS) is 33.8. The molecule has 104 valence electrons. The molecule has 0 spiro atoms. The van der Waals surface area contributed by atoms with Crippen LogP contribution < -0.4 is 29.6 Å². The SMILES string of the molecule is C=C1N(CC)C2CCC(S(=O)(=O)[O-])CC2C1(C)C.[Na+]. The third-order valence-electron chi connectivity index (χ3n) is 4.93. The van der Waals surface area contributed by atoms with Crippen LogP contribution >= 0.6 is 0 Å². The second-order valence-electron chi connectivity index (χ2n) is 6.06. The second kappa shape index (κ2) is 5.68. The number of hydrogen-bond donors (Lipinski definition) is 0. The summed E-state index contributed by atoms with van der Waals surface area (Å²) in [6.07, 6.45) is 1.76. The van der Waals surface area contributed by atoms with Gasteiger partial charge in [0, 0.05) is 28.9 Å². The fourth-order valence-electron chi connectivity index (χ4n) is 3.74. The van der Waals surface area contributed by atoms with Crippen LogP contribution in [0.25, 0.3) is 0 Å². The van der Waals surface area contributed by atoms with Gasteiger partial charge in [-0.25, -0.2) is 8.42 Å². The Balaban J connectivity index is 0.00000180. The number of allylic oxidation sites excluding steroid dienone is 1. The molecule has 0 radical (unpaired) electrons. The van der Waals surface area contributed by atoms with E-state index in [-0.39, 0.29) is 40.9 Å². The van der Waals surface area contributed by atoms with Crippen LogP contribution in [0.15, 0.2) is 12.3 Å². The van der Waals surface area contributed by atoms with Crippen molar-refractivity contribution < 1.29 is 42.5 Å². The summed E-state index contributed by atoms with van der Waals surface area (Å²) >= 11 is 0. The zero-order chi connectivity index (χ0) is 13.7. The van der Waals surface area contributed by atoms with E-state index in [1.165, 1.54) is 0 Å². The van der Waals surface area contributed by atoms with E-state index < -0.39 is 15.4 Å². The summed E-state index contributed by atoms with van der Waals surface area (Å²) in [6.45, 7) is 11.4. The van der Waals surface area contributed by atoms with Crippen molar-refractivity contribution in [2.45, 2.75) is 51.3 Å². The molecule has 1 saturated carbocycles. The zero-order valence-electron chi connectivity index (χ0n) is 12.3. The summed E-state index contributed by atoms with van der Waals surface area (Å²) in [6, 6.07) is 0.357. The van der Waals surface area contributed by atoms with Crippen LogP contribution in [0.1, 0.15) is 40.0 Å². The zero-order valence-corrected chi connectivity index (χ0v) is 15.2. The first-order valence-corrected chi connectivity index (χ1v) is 8.07. The Hall–Kier alpha value is 0.450. The Labute approximate surface area is 138 Å². The van der Waals surface area contributed by atoms with E-state index in [1.807, 2.05) is 0 Å². The first-order valence-electron chi connectivity index (χ1n) is 6.60. The summed E-state index contributed by atoms with van der Waals surface area (Å²) in [7, 11) is -4.15. The van der Waals surface area contributed by atoms with Crippen LogP contribution in [0.2, 0.25) is 0 Å². The molecule has 6 heteroatoms. The van der Waals surface area contributed by atoms with Crippen LogP contribution in [0, 0.1) is 11.3 Å². The Bertz CT molecular complexity index is 461. The third kappa shape index (κ3) is 2.91. The standard InChI is InChI=1S/C13H23NO3S.Na/c1-5-14-9(2)13(3,4)11-8-10(18(15,16)17)6-7-12(11)14;/h10-12H,2,5-8H2,1,3-4H3,(H,15,16,17);/q;+1/p-1. The smallest absolute Gasteiger partial charge is 0.748 e. The number of likely N-dealkylation sites (tertiary alicyclic amines) is 1. The van der Waals surface area contributed by atoms with Crippen LogP contribution in [-0.2, 0) is 10.1 Å². The molecule has 0 aromatic heterocycles. The third-order valence-corrected chi connectivity index (χ3v) is 6.18. The minimum absolute atomic E-state index is 0. The average Bonchev–Trinajstić information content (AvgIpc) is 2.46. The van der Waals surface area contributed by atoms with Gasteiger partial charge < -0.3 is 9.45 Å². The maximum Gasteiger partial charge on any atom is 1.00 e. The van der Waals surface area contributed by atoms with Crippen LogP contribution in [0.3, 0.4) is 0 Å². The number of hydrogen-bond acceptors (Lipinski definition) is 4. The molecule has 3 atom stereocenters. The van der Waals surface area contributed by atoms with Gasteiger partial charge in [0.15, 0.2) is 0 Å². The predicted molar refractivity (Wildman–Crippen MR) is 69.9 cm³/mol. The van der Waals surface area contributed by atoms with E-state index in [4.69, 9.17) is 0 Å². The molecule has 4 nitrogen and oxygen atoms in total. The summed E-state index contributed by atoms with van der Waals surface area (Å²) in [4.78, 5) is 2.29. The molecule has 0 amide bonds. The fraction of sp³-hybridized carbons (Fsp3) is 0.846. The Morgan fingerprint density at radius 2 is 2.00 bits per heavy atom. The minimum Gasteiger partial charge on any atom is -0.748 e. The van der Waals surface area contributed by atoms with E-state index in [2.05, 4.69) is 32.3 Å². The molecule has 1 heterocycles. The predicted octanol–water partition coefficient (Wildman–Crippen LogP) is -1.05. The molecule has 2 fully saturated rings. The van der Waals surface area contributed by atoms with Gasteiger partial charge in [-0.3, -0.25) is 0 Å². The Kier molecular flexibility index (Phi) is 5.23. The molecule has 0 aromatic carbocycles. The van der Waals surface area contributed by atoms with E-state index in [0.29, 0.717) is 18.9 Å². The van der Waals surface area contributed by atoms with Gasteiger partial charge in [0.1, 0.15) is 0 Å². The van der Waals surface area contributed by atoms with Gasteiger partial charge in [0.2, 0.25) is 0 Å². The largest absolute Gasteiger partial charge is 1.00 e. The van der Waals surface area contributed by atoms with Crippen LogP contribution in [0.4, 0.5) is 0 Å². The Morgan fingerprint density at radius 1 is 1.42 bits per heavy atom. The Morgan fingerprint density at radius 3 is 2.47 bits per heavy atom. The minimum atomic E-state index is -4.15. The molecule has 0 bridgehead atoms. The van der Waals surface area contributed by atoms with Gasteiger partial charge in [-0.2, -0.15) is 0 Å². The van der Waals surface area contributed by atoms with Gasteiger partial charge in [0.25, 0.3) is 0 Å². The molecule has 3 unspecified atom stereocenters. The first-order chi connectivity index (χ1) is 8.19. The van der Waals surface area contributed by atoms with E-state index >= 15 is 0 Å². The molecular weight excluding hydrogens is 273 g/mol. The van der Waals surface area contributed by atoms with Gasteiger partial charge in [-0.05, 0) is 32.1 Å². The van der Waals surface area contributed by atoms with Crippen molar-refractivity contribution in [1.29, 1.82) is 0 Å². The molecule has 19 heavy (non-hydrogen) atoms. The summed E-state index contributed by atoms with van der Waals surface area (Å²) < 4.78 is 33.7. The maximum absolute atomic E-state index is 11.2. The summed E-state index contributed by atoms with van der Waals surface area (Å²) in [5.41, 5.74) is 0.980. The van der Waals surface area contributed by atoms with Crippen molar-refractivity contribution in [3.8, 4) is 0 Å². The molecule has 1 saturated heterocycles. The summed E-state index contributed by atoms with van der Waals surface area (Å²) in [5.74, 6) is 0.229. The molecule has 0 N–H and O–H groups in total. The molecule has 1 aliphatic carbocycles. The van der Waals surface area contributed by atoms with Crippen LogP contribution in [-0.4, -0.2) is 35.7 Å². The maximum atomic E-state index is 11.2. The average molecular weight is 295 g/mol. The van der Waals surface area contributed by atoms with Gasteiger partial charge in [0.05, 0.1) is 10.1 Å².